The van der Waals surface area contributed by atoms with Crippen LogP contribution in [0.1, 0.15) is 79.6 Å². The van der Waals surface area contributed by atoms with Crippen molar-refractivity contribution in [2.24, 2.45) is 40.4 Å². The van der Waals surface area contributed by atoms with Crippen LogP contribution in [-0.2, 0) is 4.74 Å². The summed E-state index contributed by atoms with van der Waals surface area (Å²) in [6.45, 7) is 16.1. The van der Waals surface area contributed by atoms with Crippen LogP contribution in [0.5, 0.6) is 0 Å². The van der Waals surface area contributed by atoms with E-state index in [0.29, 0.717) is 47.8 Å². The standard InChI is InChI=1S/C29H46O3/c1-18(2)19(3)10-11-20(4)23-12-13-24-22(9-8-14-27(23,24)6)15-26(32-7)29-17-28(29,31)16-25(30)21(29)5/h10-11,15,18-20,23-26,30-31H,5,8-9,12-14,16-17H2,1-4,6-7H3/b11-10+,22-15+/t19-,20+,23+,24-,25-,26?,27+,28+,29?/m0/s1. The Labute approximate surface area is 196 Å². The molecular formula is C29H46O3. The highest BCUT2D eigenvalue weighted by Crippen LogP contribution is 2.71. The predicted molar refractivity (Wildman–Crippen MR) is 131 cm³/mol. The van der Waals surface area contributed by atoms with Crippen molar-refractivity contribution in [2.75, 3.05) is 7.11 Å². The zero-order valence-electron chi connectivity index (χ0n) is 21.2. The van der Waals surface area contributed by atoms with Crippen molar-refractivity contribution in [3.8, 4) is 0 Å². The van der Waals surface area contributed by atoms with Gasteiger partial charge in [0.2, 0.25) is 0 Å². The van der Waals surface area contributed by atoms with Gasteiger partial charge in [0.25, 0.3) is 0 Å². The van der Waals surface area contributed by atoms with Gasteiger partial charge in [0.05, 0.1) is 23.2 Å². The molecule has 0 saturated heterocycles. The molecule has 4 fully saturated rings. The molecule has 180 valence electrons. The van der Waals surface area contributed by atoms with E-state index in [4.69, 9.17) is 4.74 Å². The summed E-state index contributed by atoms with van der Waals surface area (Å²) in [6, 6.07) is 0. The van der Waals surface area contributed by atoms with E-state index in [1.54, 1.807) is 7.11 Å². The summed E-state index contributed by atoms with van der Waals surface area (Å²) in [6.07, 6.45) is 13.7. The highest BCUT2D eigenvalue weighted by molar-refractivity contribution is 5.44. The van der Waals surface area contributed by atoms with Gasteiger partial charge in [-0.1, -0.05) is 65.0 Å². The lowest BCUT2D eigenvalue weighted by Crippen LogP contribution is -2.37. The van der Waals surface area contributed by atoms with Gasteiger partial charge in [-0.25, -0.2) is 0 Å². The molecule has 9 atom stereocenters. The summed E-state index contributed by atoms with van der Waals surface area (Å²) in [5.74, 6) is 3.22. The lowest BCUT2D eigenvalue weighted by atomic mass is 9.61. The SMILES string of the molecule is C=C1[C@@H](O)C[C@@]2(O)CC12C(/C=C1\CCC[C@]2(C)[C@@H]([C@H](C)/C=C/[C@H](C)C(C)C)CC[C@@H]12)OC. The maximum Gasteiger partial charge on any atom is 0.0877 e. The molecule has 0 heterocycles. The molecule has 0 spiro atoms. The van der Waals surface area contributed by atoms with Gasteiger partial charge < -0.3 is 14.9 Å². The summed E-state index contributed by atoms with van der Waals surface area (Å²) in [5.41, 5.74) is 1.28. The van der Waals surface area contributed by atoms with Gasteiger partial charge in [-0.15, -0.1) is 0 Å². The molecule has 4 rings (SSSR count). The Kier molecular flexibility index (Phi) is 6.36. The van der Waals surface area contributed by atoms with Gasteiger partial charge in [0, 0.05) is 13.5 Å². The number of methoxy groups -OCH3 is 1. The molecule has 0 aromatic heterocycles. The molecule has 4 saturated carbocycles. The molecule has 4 aliphatic rings. The van der Waals surface area contributed by atoms with E-state index in [1.165, 1.54) is 31.3 Å². The second-order valence-electron chi connectivity index (χ2n) is 12.3. The van der Waals surface area contributed by atoms with Crippen LogP contribution >= 0.6 is 0 Å². The van der Waals surface area contributed by atoms with E-state index in [0.717, 1.165) is 12.0 Å². The van der Waals surface area contributed by atoms with Gasteiger partial charge >= 0.3 is 0 Å². The van der Waals surface area contributed by atoms with Gasteiger partial charge in [-0.2, -0.15) is 0 Å². The fourth-order valence-electron chi connectivity index (χ4n) is 7.83. The number of allylic oxidation sites excluding steroid dienone is 3. The van der Waals surface area contributed by atoms with Gasteiger partial charge in [-0.3, -0.25) is 0 Å². The molecule has 0 radical (unpaired) electrons. The number of ether oxygens (including phenoxy) is 1. The minimum absolute atomic E-state index is 0.197. The van der Waals surface area contributed by atoms with Crippen molar-refractivity contribution >= 4 is 0 Å². The van der Waals surface area contributed by atoms with Gasteiger partial charge in [-0.05, 0) is 79.1 Å². The smallest absolute Gasteiger partial charge is 0.0877 e. The highest BCUT2D eigenvalue weighted by atomic mass is 16.5. The molecule has 4 aliphatic carbocycles. The van der Waals surface area contributed by atoms with E-state index in [-0.39, 0.29) is 6.10 Å². The molecule has 0 aromatic carbocycles. The Morgan fingerprint density at radius 1 is 1.16 bits per heavy atom. The average molecular weight is 443 g/mol. The van der Waals surface area contributed by atoms with Gasteiger partial charge in [0.15, 0.2) is 0 Å². The monoisotopic (exact) mass is 442 g/mol. The van der Waals surface area contributed by atoms with Crippen LogP contribution < -0.4 is 0 Å². The first-order valence-electron chi connectivity index (χ1n) is 13.0. The Morgan fingerprint density at radius 3 is 2.47 bits per heavy atom. The van der Waals surface area contributed by atoms with E-state index in [1.807, 2.05) is 0 Å². The largest absolute Gasteiger partial charge is 0.389 e. The third-order valence-corrected chi connectivity index (χ3v) is 10.3. The van der Waals surface area contributed by atoms with E-state index >= 15 is 0 Å². The third kappa shape index (κ3) is 3.58. The van der Waals surface area contributed by atoms with Crippen molar-refractivity contribution in [1.82, 2.24) is 0 Å². The van der Waals surface area contributed by atoms with Crippen LogP contribution in [0.15, 0.2) is 36.0 Å². The Bertz CT molecular complexity index is 796. The molecule has 0 aromatic rings. The van der Waals surface area contributed by atoms with Crippen LogP contribution in [0.3, 0.4) is 0 Å². The topological polar surface area (TPSA) is 49.7 Å². The second-order valence-corrected chi connectivity index (χ2v) is 12.3. The molecule has 2 unspecified atom stereocenters. The van der Waals surface area contributed by atoms with Crippen molar-refractivity contribution in [3.05, 3.63) is 36.0 Å². The number of fused-ring (bicyclic) bond motifs is 2. The molecular weight excluding hydrogens is 396 g/mol. The lowest BCUT2D eigenvalue weighted by molar-refractivity contribution is 0.0371. The van der Waals surface area contributed by atoms with Crippen LogP contribution in [0.2, 0.25) is 0 Å². The number of hydrogen-bond acceptors (Lipinski definition) is 3. The summed E-state index contributed by atoms with van der Waals surface area (Å²) in [4.78, 5) is 0. The maximum atomic E-state index is 11.0. The number of rotatable bonds is 7. The maximum absolute atomic E-state index is 11.0. The Balaban J connectivity index is 1.55. The predicted octanol–water partition coefficient (Wildman–Crippen LogP) is 6.07. The van der Waals surface area contributed by atoms with E-state index < -0.39 is 17.1 Å². The van der Waals surface area contributed by atoms with Crippen LogP contribution in [0.4, 0.5) is 0 Å². The first kappa shape index (κ1) is 24.2. The fraction of sp³-hybridized carbons (Fsp3) is 0.793. The minimum Gasteiger partial charge on any atom is -0.389 e. The van der Waals surface area contributed by atoms with Gasteiger partial charge in [0.1, 0.15) is 0 Å². The molecule has 0 bridgehead atoms. The van der Waals surface area contributed by atoms with Crippen LogP contribution in [-0.4, -0.2) is 35.1 Å². The second kappa shape index (κ2) is 8.40. The van der Waals surface area contributed by atoms with Crippen LogP contribution in [0, 0.1) is 40.4 Å². The molecule has 32 heavy (non-hydrogen) atoms. The highest BCUT2D eigenvalue weighted by Gasteiger charge is 2.77. The van der Waals surface area contributed by atoms with Crippen molar-refractivity contribution in [1.29, 1.82) is 0 Å². The summed E-state index contributed by atoms with van der Waals surface area (Å²) in [5, 5.41) is 21.4. The first-order valence-corrected chi connectivity index (χ1v) is 13.0. The molecule has 0 amide bonds. The summed E-state index contributed by atoms with van der Waals surface area (Å²) in [7, 11) is 1.75. The summed E-state index contributed by atoms with van der Waals surface area (Å²) < 4.78 is 5.99. The molecule has 3 nitrogen and oxygen atoms in total. The number of aliphatic hydroxyl groups is 2. The summed E-state index contributed by atoms with van der Waals surface area (Å²) >= 11 is 0. The van der Waals surface area contributed by atoms with Crippen molar-refractivity contribution < 1.29 is 14.9 Å². The molecule has 0 aliphatic heterocycles. The quantitative estimate of drug-likeness (QED) is 0.470. The number of hydrogen-bond donors (Lipinski definition) is 2. The molecule has 3 heteroatoms. The Hall–Kier alpha value is -0.900. The third-order valence-electron chi connectivity index (χ3n) is 10.3. The van der Waals surface area contributed by atoms with E-state index in [9.17, 15) is 10.2 Å². The first-order chi connectivity index (χ1) is 15.0. The minimum atomic E-state index is -0.843. The fourth-order valence-corrected chi connectivity index (χ4v) is 7.83. The normalized spacial score (nSPS) is 45.3. The Morgan fingerprint density at radius 2 is 1.88 bits per heavy atom. The van der Waals surface area contributed by atoms with E-state index in [2.05, 4.69) is 59.4 Å². The number of aliphatic hydroxyl groups excluding tert-OH is 1. The zero-order chi connectivity index (χ0) is 23.5. The zero-order valence-corrected chi connectivity index (χ0v) is 21.2. The average Bonchev–Trinajstić information content (AvgIpc) is 3.09. The van der Waals surface area contributed by atoms with Crippen LogP contribution in [0.25, 0.3) is 0 Å². The van der Waals surface area contributed by atoms with Crippen molar-refractivity contribution in [3.63, 3.8) is 0 Å². The molecule has 2 N–H and O–H groups in total. The van der Waals surface area contributed by atoms with Crippen molar-refractivity contribution in [2.45, 2.75) is 97.4 Å². The lowest BCUT2D eigenvalue weighted by Gasteiger charge is -2.44.